The van der Waals surface area contributed by atoms with E-state index < -0.39 is 32.9 Å². The van der Waals surface area contributed by atoms with E-state index >= 15 is 0 Å². The second-order valence-electron chi connectivity index (χ2n) is 10.5. The van der Waals surface area contributed by atoms with Gasteiger partial charge in [0.2, 0.25) is 10.0 Å². The zero-order valence-electron chi connectivity index (χ0n) is 22.6. The Bertz CT molecular complexity index is 1220. The molecule has 1 heterocycles. The fourth-order valence-corrected chi connectivity index (χ4v) is 8.46. The molecule has 3 aromatic carbocycles. The minimum Gasteiger partial charge on any atom is -0.479 e. The lowest BCUT2D eigenvalue weighted by atomic mass is 9.84. The molecular formula is C31H37NO5S2. The van der Waals surface area contributed by atoms with Gasteiger partial charge in [0.15, 0.2) is 6.10 Å². The predicted molar refractivity (Wildman–Crippen MR) is 157 cm³/mol. The van der Waals surface area contributed by atoms with Crippen LogP contribution in [-0.4, -0.2) is 60.6 Å². The number of rotatable bonds is 12. The minimum absolute atomic E-state index is 0.0445. The highest BCUT2D eigenvalue weighted by Crippen LogP contribution is 2.52. The Morgan fingerprint density at radius 1 is 0.949 bits per heavy atom. The summed E-state index contributed by atoms with van der Waals surface area (Å²) in [5.74, 6) is -0.873. The number of benzene rings is 3. The van der Waals surface area contributed by atoms with Crippen molar-refractivity contribution in [2.45, 2.75) is 48.8 Å². The highest BCUT2D eigenvalue weighted by Gasteiger charge is 2.45. The van der Waals surface area contributed by atoms with Crippen LogP contribution in [0.25, 0.3) is 0 Å². The van der Waals surface area contributed by atoms with Crippen molar-refractivity contribution < 1.29 is 23.1 Å². The van der Waals surface area contributed by atoms with Crippen LogP contribution in [0, 0.1) is 5.92 Å². The van der Waals surface area contributed by atoms with Gasteiger partial charge in [0.25, 0.3) is 0 Å². The van der Waals surface area contributed by atoms with Crippen molar-refractivity contribution in [1.29, 1.82) is 0 Å². The molecule has 4 rings (SSSR count). The Kier molecular flexibility index (Phi) is 9.54. The van der Waals surface area contributed by atoms with Gasteiger partial charge in [-0.05, 0) is 35.4 Å². The fourth-order valence-electron chi connectivity index (χ4n) is 5.36. The number of carboxylic acids is 1. The van der Waals surface area contributed by atoms with Crippen LogP contribution in [-0.2, 0) is 24.3 Å². The molecule has 0 radical (unpaired) electrons. The number of hydrogen-bond donors (Lipinski definition) is 1. The van der Waals surface area contributed by atoms with E-state index in [1.54, 1.807) is 11.8 Å². The van der Waals surface area contributed by atoms with Crippen LogP contribution in [0.3, 0.4) is 0 Å². The highest BCUT2D eigenvalue weighted by molar-refractivity contribution is 8.01. The smallest absolute Gasteiger partial charge is 0.332 e. The largest absolute Gasteiger partial charge is 0.479 e. The quantitative estimate of drug-likeness (QED) is 0.286. The molecule has 3 aromatic rings. The molecule has 8 heteroatoms. The van der Waals surface area contributed by atoms with Crippen LogP contribution < -0.4 is 0 Å². The first-order valence-corrected chi connectivity index (χ1v) is 16.0. The van der Waals surface area contributed by atoms with Crippen LogP contribution in [0.2, 0.25) is 0 Å². The Morgan fingerprint density at radius 3 is 1.79 bits per heavy atom. The molecule has 3 atom stereocenters. The average molecular weight is 568 g/mol. The molecule has 1 aliphatic rings. The molecule has 1 unspecified atom stereocenters. The van der Waals surface area contributed by atoms with Crippen LogP contribution in [0.4, 0.5) is 0 Å². The number of carboxylic acid groups (broad SMARTS) is 1. The molecular weight excluding hydrogens is 530 g/mol. The second-order valence-corrected chi connectivity index (χ2v) is 14.0. The third-order valence-corrected chi connectivity index (χ3v) is 10.1. The summed E-state index contributed by atoms with van der Waals surface area (Å²) >= 11 is 1.76. The van der Waals surface area contributed by atoms with Crippen LogP contribution >= 0.6 is 11.8 Å². The van der Waals surface area contributed by atoms with E-state index in [1.165, 1.54) is 10.6 Å². The molecule has 1 aliphatic heterocycles. The highest BCUT2D eigenvalue weighted by atomic mass is 32.2. The number of nitrogens with zero attached hydrogens (tertiary/aromatic N) is 1. The normalized spacial score (nSPS) is 19.3. The molecule has 0 bridgehead atoms. The van der Waals surface area contributed by atoms with E-state index in [0.29, 0.717) is 19.4 Å². The number of sulfonamides is 1. The van der Waals surface area contributed by atoms with E-state index in [1.807, 2.05) is 68.4 Å². The Morgan fingerprint density at radius 2 is 1.41 bits per heavy atom. The van der Waals surface area contributed by atoms with Crippen molar-refractivity contribution in [3.8, 4) is 0 Å². The average Bonchev–Trinajstić information content (AvgIpc) is 3.34. The summed E-state index contributed by atoms with van der Waals surface area (Å²) in [4.78, 5) is 11.8. The summed E-state index contributed by atoms with van der Waals surface area (Å²) in [7, 11) is -3.53. The fraction of sp³-hybridized carbons (Fsp3) is 0.387. The van der Waals surface area contributed by atoms with Gasteiger partial charge in [-0.1, -0.05) is 105 Å². The number of ether oxygens (including phenoxy) is 1. The molecule has 1 N–H and O–H groups in total. The lowest BCUT2D eigenvalue weighted by molar-refractivity contribution is -0.152. The summed E-state index contributed by atoms with van der Waals surface area (Å²) in [6.07, 6.45) is 1.18. The summed E-state index contributed by atoms with van der Waals surface area (Å²) in [6, 6.07) is 30.5. The molecule has 0 amide bonds. The molecule has 208 valence electrons. The molecule has 1 fully saturated rings. The van der Waals surface area contributed by atoms with Crippen molar-refractivity contribution in [3.63, 3.8) is 0 Å². The first-order chi connectivity index (χ1) is 18.6. The van der Waals surface area contributed by atoms with Crippen molar-refractivity contribution in [1.82, 2.24) is 4.31 Å². The van der Waals surface area contributed by atoms with Crippen LogP contribution in [0.1, 0.15) is 43.4 Å². The predicted octanol–water partition coefficient (Wildman–Crippen LogP) is 5.63. The van der Waals surface area contributed by atoms with Gasteiger partial charge in [-0.25, -0.2) is 13.2 Å². The molecule has 0 aliphatic carbocycles. The zero-order valence-corrected chi connectivity index (χ0v) is 24.3. The van der Waals surface area contributed by atoms with Gasteiger partial charge in [0.1, 0.15) is 0 Å². The third kappa shape index (κ3) is 6.92. The van der Waals surface area contributed by atoms with Gasteiger partial charge in [0, 0.05) is 17.8 Å². The number of carbonyl (C=O) groups is 1. The van der Waals surface area contributed by atoms with Crippen molar-refractivity contribution in [2.75, 3.05) is 19.4 Å². The first kappa shape index (κ1) is 29.3. The Hall–Kier alpha value is -2.65. The zero-order chi connectivity index (χ0) is 28.0. The van der Waals surface area contributed by atoms with Crippen molar-refractivity contribution in [2.24, 2.45) is 5.92 Å². The monoisotopic (exact) mass is 567 g/mol. The van der Waals surface area contributed by atoms with E-state index in [4.69, 9.17) is 4.74 Å². The van der Waals surface area contributed by atoms with Gasteiger partial charge in [-0.3, -0.25) is 0 Å². The lowest BCUT2D eigenvalue weighted by Crippen LogP contribution is -2.39. The maximum atomic E-state index is 12.9. The van der Waals surface area contributed by atoms with E-state index in [9.17, 15) is 18.3 Å². The maximum Gasteiger partial charge on any atom is 0.332 e. The Balaban J connectivity index is 1.71. The summed E-state index contributed by atoms with van der Waals surface area (Å²) in [5.41, 5.74) is 3.34. The standard InChI is InChI=1S/C31H37NO5S2/c1-23(2)19-29(30(33)34)37-22-27-20-28(21-32(27)39(3,35)36)38-31(24-13-7-4-8-14-24,25-15-9-5-10-16-25)26-17-11-6-12-18-26/h4-18,23,27-29H,19-22H2,1-3H3,(H,33,34)/t27-,28+,29?/m0/s1. The first-order valence-electron chi connectivity index (χ1n) is 13.3. The van der Waals surface area contributed by atoms with Crippen molar-refractivity contribution >= 4 is 27.8 Å². The summed E-state index contributed by atoms with van der Waals surface area (Å²) in [5, 5.41) is 9.59. The third-order valence-electron chi connectivity index (χ3n) is 7.09. The minimum atomic E-state index is -3.53. The van der Waals surface area contributed by atoms with Gasteiger partial charge >= 0.3 is 5.97 Å². The number of thioether (sulfide) groups is 1. The molecule has 0 aromatic heterocycles. The van der Waals surface area contributed by atoms with Crippen molar-refractivity contribution in [3.05, 3.63) is 108 Å². The number of hydrogen-bond acceptors (Lipinski definition) is 5. The number of aliphatic carboxylic acids is 1. The van der Waals surface area contributed by atoms with Gasteiger partial charge in [-0.2, -0.15) is 4.31 Å². The SMILES string of the molecule is CC(C)CC(OC[C@@H]1C[C@@H](SC(c2ccccc2)(c2ccccc2)c2ccccc2)CN1S(C)(=O)=O)C(=O)O. The van der Waals surface area contributed by atoms with Gasteiger partial charge in [-0.15, -0.1) is 11.8 Å². The van der Waals surface area contributed by atoms with E-state index in [-0.39, 0.29) is 17.8 Å². The molecule has 39 heavy (non-hydrogen) atoms. The summed E-state index contributed by atoms with van der Waals surface area (Å²) in [6.45, 7) is 4.26. The van der Waals surface area contributed by atoms with Crippen LogP contribution in [0.5, 0.6) is 0 Å². The van der Waals surface area contributed by atoms with E-state index in [0.717, 1.165) is 16.7 Å². The molecule has 0 saturated carbocycles. The second kappa shape index (κ2) is 12.7. The Labute approximate surface area is 236 Å². The molecule has 0 spiro atoms. The molecule has 6 nitrogen and oxygen atoms in total. The maximum absolute atomic E-state index is 12.9. The van der Waals surface area contributed by atoms with Gasteiger partial charge < -0.3 is 9.84 Å². The van der Waals surface area contributed by atoms with E-state index in [2.05, 4.69) is 36.4 Å². The summed E-state index contributed by atoms with van der Waals surface area (Å²) < 4.78 is 32.5. The van der Waals surface area contributed by atoms with Gasteiger partial charge in [0.05, 0.1) is 17.6 Å². The molecule has 1 saturated heterocycles. The van der Waals surface area contributed by atoms with Crippen LogP contribution in [0.15, 0.2) is 91.0 Å². The topological polar surface area (TPSA) is 83.9 Å². The lowest BCUT2D eigenvalue weighted by Gasteiger charge is -2.37.